The van der Waals surface area contributed by atoms with Crippen LogP contribution in [-0.2, 0) is 9.59 Å². The Kier molecular flexibility index (Phi) is 9.72. The molecule has 4 aromatic carbocycles. The molecule has 7 nitrogen and oxygen atoms in total. The van der Waals surface area contributed by atoms with Crippen molar-refractivity contribution in [2.24, 2.45) is 4.99 Å². The van der Waals surface area contributed by atoms with E-state index in [0.717, 1.165) is 11.1 Å². The van der Waals surface area contributed by atoms with Gasteiger partial charge in [-0.2, -0.15) is 0 Å². The van der Waals surface area contributed by atoms with Crippen LogP contribution in [0.2, 0.25) is 10.0 Å². The summed E-state index contributed by atoms with van der Waals surface area (Å²) in [5, 5.41) is 4.48. The molecule has 43 heavy (non-hydrogen) atoms. The fraction of sp³-hybridized carbons (Fsp3) is 0.121. The second kappa shape index (κ2) is 13.8. The highest BCUT2D eigenvalue weighted by Gasteiger charge is 2.35. The van der Waals surface area contributed by atoms with E-state index in [2.05, 4.69) is 5.32 Å². The van der Waals surface area contributed by atoms with Crippen LogP contribution in [-0.4, -0.2) is 30.2 Å². The molecule has 0 atom stereocenters. The van der Waals surface area contributed by atoms with Crippen LogP contribution in [0, 0.1) is 6.92 Å². The van der Waals surface area contributed by atoms with Crippen LogP contribution in [0.3, 0.4) is 0 Å². The maximum Gasteiger partial charge on any atom is 0.271 e. The van der Waals surface area contributed by atoms with Gasteiger partial charge in [0.1, 0.15) is 0 Å². The molecular weight excluding hydrogens is 605 g/mol. The summed E-state index contributed by atoms with van der Waals surface area (Å²) in [5.41, 5.74) is 3.76. The Morgan fingerprint density at radius 1 is 0.930 bits per heavy atom. The predicted octanol–water partition coefficient (Wildman–Crippen LogP) is 8.53. The summed E-state index contributed by atoms with van der Waals surface area (Å²) in [6.07, 6.45) is 1.77. The fourth-order valence-electron chi connectivity index (χ4n) is 4.21. The van der Waals surface area contributed by atoms with Gasteiger partial charge >= 0.3 is 0 Å². The number of nitrogens with one attached hydrogen (secondary N) is 1. The van der Waals surface area contributed by atoms with E-state index < -0.39 is 0 Å². The zero-order chi connectivity index (χ0) is 30.3. The minimum absolute atomic E-state index is 0.191. The SMILES string of the molecule is CCOc1cc(/C=C2\SC(=Nc3ccc(Cl)cc3)N(c3ccc(Cl)cc3)C2=O)ccc1OCC(=O)Nc1cccc(C)c1. The smallest absolute Gasteiger partial charge is 0.271 e. The van der Waals surface area contributed by atoms with Crippen LogP contribution in [0.1, 0.15) is 18.1 Å². The van der Waals surface area contributed by atoms with Gasteiger partial charge in [-0.3, -0.25) is 14.5 Å². The van der Waals surface area contributed by atoms with Crippen LogP contribution < -0.4 is 19.7 Å². The first-order chi connectivity index (χ1) is 20.8. The Morgan fingerprint density at radius 3 is 2.35 bits per heavy atom. The summed E-state index contributed by atoms with van der Waals surface area (Å²) in [6, 6.07) is 26.9. The van der Waals surface area contributed by atoms with Gasteiger partial charge in [0, 0.05) is 15.7 Å². The Labute approximate surface area is 264 Å². The molecule has 1 N–H and O–H groups in total. The minimum Gasteiger partial charge on any atom is -0.490 e. The van der Waals surface area contributed by atoms with Gasteiger partial charge in [0.15, 0.2) is 23.3 Å². The van der Waals surface area contributed by atoms with Crippen molar-refractivity contribution in [3.05, 3.63) is 117 Å². The quantitative estimate of drug-likeness (QED) is 0.187. The molecule has 1 aliphatic heterocycles. The number of rotatable bonds is 9. The van der Waals surface area contributed by atoms with E-state index in [9.17, 15) is 9.59 Å². The number of aliphatic imine (C=N–C) groups is 1. The van der Waals surface area contributed by atoms with Crippen molar-refractivity contribution < 1.29 is 19.1 Å². The third kappa shape index (κ3) is 7.78. The number of thioether (sulfide) groups is 1. The van der Waals surface area contributed by atoms with Crippen molar-refractivity contribution in [3.8, 4) is 11.5 Å². The molecule has 1 fully saturated rings. The highest BCUT2D eigenvalue weighted by Crippen LogP contribution is 2.39. The third-order valence-corrected chi connectivity index (χ3v) is 7.64. The van der Waals surface area contributed by atoms with E-state index in [0.29, 0.717) is 55.3 Å². The monoisotopic (exact) mass is 631 g/mol. The second-order valence-electron chi connectivity index (χ2n) is 9.44. The van der Waals surface area contributed by atoms with Crippen molar-refractivity contribution in [2.75, 3.05) is 23.4 Å². The summed E-state index contributed by atoms with van der Waals surface area (Å²) in [7, 11) is 0. The lowest BCUT2D eigenvalue weighted by Gasteiger charge is -2.15. The number of nitrogens with zero attached hydrogens (tertiary/aromatic N) is 2. The number of hydrogen-bond acceptors (Lipinski definition) is 6. The van der Waals surface area contributed by atoms with Crippen LogP contribution in [0.4, 0.5) is 17.1 Å². The van der Waals surface area contributed by atoms with Gasteiger partial charge < -0.3 is 14.8 Å². The summed E-state index contributed by atoms with van der Waals surface area (Å²) in [6.45, 7) is 4.02. The number of ether oxygens (including phenoxy) is 2. The molecule has 0 radical (unpaired) electrons. The maximum atomic E-state index is 13.7. The average molecular weight is 633 g/mol. The molecule has 0 bridgehead atoms. The standard InChI is InChI=1S/C33H27Cl2N3O4S/c1-3-41-29-18-22(7-16-28(29)42-20-31(39)36-26-6-4-5-21(2)17-26)19-30-32(40)38(27-14-10-24(35)11-15-27)33(43-30)37-25-12-8-23(34)9-13-25/h4-19H,3,20H2,1-2H3,(H,36,39)/b30-19-,37-33?. The summed E-state index contributed by atoms with van der Waals surface area (Å²) >= 11 is 13.4. The van der Waals surface area contributed by atoms with Crippen molar-refractivity contribution in [1.82, 2.24) is 0 Å². The maximum absolute atomic E-state index is 13.7. The number of hydrogen-bond donors (Lipinski definition) is 1. The minimum atomic E-state index is -0.290. The molecule has 0 unspecified atom stereocenters. The average Bonchev–Trinajstić information content (AvgIpc) is 3.28. The first-order valence-electron chi connectivity index (χ1n) is 13.4. The van der Waals surface area contributed by atoms with Crippen LogP contribution in [0.15, 0.2) is 101 Å². The predicted molar refractivity (Wildman–Crippen MR) is 176 cm³/mol. The Balaban J connectivity index is 1.38. The summed E-state index contributed by atoms with van der Waals surface area (Å²) in [5.74, 6) is 0.356. The molecule has 0 aliphatic carbocycles. The highest BCUT2D eigenvalue weighted by molar-refractivity contribution is 8.19. The molecule has 2 amide bonds. The molecule has 1 aliphatic rings. The molecule has 10 heteroatoms. The molecule has 0 aromatic heterocycles. The van der Waals surface area contributed by atoms with E-state index in [1.54, 1.807) is 77.7 Å². The van der Waals surface area contributed by atoms with E-state index in [1.165, 1.54) is 11.8 Å². The summed E-state index contributed by atoms with van der Waals surface area (Å²) in [4.78, 5) is 32.9. The van der Waals surface area contributed by atoms with Gasteiger partial charge in [-0.15, -0.1) is 0 Å². The van der Waals surface area contributed by atoms with E-state index >= 15 is 0 Å². The third-order valence-electron chi connectivity index (χ3n) is 6.17. The Bertz CT molecular complexity index is 1710. The topological polar surface area (TPSA) is 80.2 Å². The number of anilines is 2. The van der Waals surface area contributed by atoms with E-state index in [4.69, 9.17) is 37.7 Å². The Morgan fingerprint density at radius 2 is 1.65 bits per heavy atom. The zero-order valence-corrected chi connectivity index (χ0v) is 25.7. The molecule has 5 rings (SSSR count). The lowest BCUT2D eigenvalue weighted by atomic mass is 10.1. The number of amides is 2. The largest absolute Gasteiger partial charge is 0.490 e. The van der Waals surface area contributed by atoms with Gasteiger partial charge in [0.25, 0.3) is 11.8 Å². The van der Waals surface area contributed by atoms with Gasteiger partial charge in [0.05, 0.1) is 22.9 Å². The van der Waals surface area contributed by atoms with Gasteiger partial charge in [-0.05, 0) is 116 Å². The number of aryl methyl sites for hydroxylation is 1. The first kappa shape index (κ1) is 30.2. The number of carbonyl (C=O) groups is 2. The van der Waals surface area contributed by atoms with Crippen molar-refractivity contribution in [2.45, 2.75) is 13.8 Å². The van der Waals surface area contributed by atoms with E-state index in [1.807, 2.05) is 38.1 Å². The Hall–Kier alpha value is -4.24. The molecule has 218 valence electrons. The van der Waals surface area contributed by atoms with Crippen LogP contribution in [0.25, 0.3) is 6.08 Å². The van der Waals surface area contributed by atoms with Crippen molar-refractivity contribution >= 4 is 75.1 Å². The second-order valence-corrected chi connectivity index (χ2v) is 11.3. The van der Waals surface area contributed by atoms with Gasteiger partial charge in [-0.25, -0.2) is 4.99 Å². The van der Waals surface area contributed by atoms with Gasteiger partial charge in [-0.1, -0.05) is 41.4 Å². The molecule has 0 spiro atoms. The summed E-state index contributed by atoms with van der Waals surface area (Å²) < 4.78 is 11.6. The molecule has 1 saturated heterocycles. The number of carbonyl (C=O) groups excluding carboxylic acids is 2. The molecule has 4 aromatic rings. The lowest BCUT2D eigenvalue weighted by molar-refractivity contribution is -0.118. The lowest BCUT2D eigenvalue weighted by Crippen LogP contribution is -2.28. The van der Waals surface area contributed by atoms with Gasteiger partial charge in [0.2, 0.25) is 0 Å². The molecule has 0 saturated carbocycles. The highest BCUT2D eigenvalue weighted by atomic mass is 35.5. The number of amidine groups is 1. The number of halogens is 2. The van der Waals surface area contributed by atoms with Crippen molar-refractivity contribution in [3.63, 3.8) is 0 Å². The van der Waals surface area contributed by atoms with Crippen LogP contribution >= 0.6 is 35.0 Å². The fourth-order valence-corrected chi connectivity index (χ4v) is 5.46. The molecule has 1 heterocycles. The van der Waals surface area contributed by atoms with Crippen molar-refractivity contribution in [1.29, 1.82) is 0 Å². The van der Waals surface area contributed by atoms with Crippen LogP contribution in [0.5, 0.6) is 11.5 Å². The zero-order valence-electron chi connectivity index (χ0n) is 23.3. The number of benzene rings is 4. The molecular formula is C33H27Cl2N3O4S. The van der Waals surface area contributed by atoms with E-state index in [-0.39, 0.29) is 18.4 Å². The first-order valence-corrected chi connectivity index (χ1v) is 15.0. The normalized spacial score (nSPS) is 14.8.